The SMILES string of the molecule is CCN(CC)CCCNCc1cc(Br)c(OCc2cccc(C)c2)c(OC)c1. The topological polar surface area (TPSA) is 33.7 Å². The lowest BCUT2D eigenvalue weighted by atomic mass is 10.1. The lowest BCUT2D eigenvalue weighted by molar-refractivity contribution is 0.282. The van der Waals surface area contributed by atoms with Gasteiger partial charge in [0, 0.05) is 6.54 Å². The molecule has 0 aliphatic carbocycles. The number of hydrogen-bond acceptors (Lipinski definition) is 4. The number of aryl methyl sites for hydroxylation is 1. The van der Waals surface area contributed by atoms with E-state index in [4.69, 9.17) is 9.47 Å². The number of nitrogens with zero attached hydrogens (tertiary/aromatic N) is 1. The largest absolute Gasteiger partial charge is 0.493 e. The van der Waals surface area contributed by atoms with Crippen molar-refractivity contribution in [2.45, 2.75) is 40.3 Å². The molecule has 0 amide bonds. The monoisotopic (exact) mass is 448 g/mol. The minimum Gasteiger partial charge on any atom is -0.493 e. The standard InChI is InChI=1S/C23H33BrN2O2/c1-5-26(6-2)12-8-11-25-16-20-14-21(24)23(22(15-20)27-4)28-17-19-10-7-9-18(3)13-19/h7,9-10,13-15,25H,5-6,8,11-12,16-17H2,1-4H3. The Morgan fingerprint density at radius 3 is 2.54 bits per heavy atom. The first-order valence-electron chi connectivity index (χ1n) is 10.0. The zero-order chi connectivity index (χ0) is 20.4. The van der Waals surface area contributed by atoms with Crippen LogP contribution in [-0.2, 0) is 13.2 Å². The van der Waals surface area contributed by atoms with E-state index in [0.717, 1.165) is 60.7 Å². The number of halogens is 1. The normalized spacial score (nSPS) is 11.1. The van der Waals surface area contributed by atoms with E-state index in [-0.39, 0.29) is 0 Å². The van der Waals surface area contributed by atoms with Crippen LogP contribution >= 0.6 is 15.9 Å². The summed E-state index contributed by atoms with van der Waals surface area (Å²) in [6.45, 7) is 12.2. The summed E-state index contributed by atoms with van der Waals surface area (Å²) in [6, 6.07) is 12.5. The maximum atomic E-state index is 6.05. The van der Waals surface area contributed by atoms with Gasteiger partial charge in [0.25, 0.3) is 0 Å². The third-order valence-electron chi connectivity index (χ3n) is 4.81. The van der Waals surface area contributed by atoms with Crippen LogP contribution in [0, 0.1) is 6.92 Å². The van der Waals surface area contributed by atoms with E-state index < -0.39 is 0 Å². The molecule has 0 aliphatic heterocycles. The molecule has 0 saturated heterocycles. The average Bonchev–Trinajstić information content (AvgIpc) is 2.69. The van der Waals surface area contributed by atoms with Crippen LogP contribution in [0.1, 0.15) is 37.0 Å². The average molecular weight is 449 g/mol. The molecule has 0 spiro atoms. The van der Waals surface area contributed by atoms with Crippen LogP contribution in [-0.4, -0.2) is 38.2 Å². The Balaban J connectivity index is 1.91. The zero-order valence-corrected chi connectivity index (χ0v) is 19.1. The third-order valence-corrected chi connectivity index (χ3v) is 5.40. The highest BCUT2D eigenvalue weighted by atomic mass is 79.9. The van der Waals surface area contributed by atoms with Crippen LogP contribution in [0.15, 0.2) is 40.9 Å². The molecule has 1 N–H and O–H groups in total. The van der Waals surface area contributed by atoms with Gasteiger partial charge < -0.3 is 19.7 Å². The minimum atomic E-state index is 0.513. The molecule has 0 heterocycles. The lowest BCUT2D eigenvalue weighted by Crippen LogP contribution is -2.27. The van der Waals surface area contributed by atoms with Crippen LogP contribution in [0.2, 0.25) is 0 Å². The molecular formula is C23H33BrN2O2. The van der Waals surface area contributed by atoms with E-state index >= 15 is 0 Å². The molecule has 0 bridgehead atoms. The fraction of sp³-hybridized carbons (Fsp3) is 0.478. The maximum absolute atomic E-state index is 6.05. The summed E-state index contributed by atoms with van der Waals surface area (Å²) in [4.78, 5) is 2.45. The number of hydrogen-bond donors (Lipinski definition) is 1. The summed E-state index contributed by atoms with van der Waals surface area (Å²) < 4.78 is 12.5. The summed E-state index contributed by atoms with van der Waals surface area (Å²) in [5.41, 5.74) is 3.55. The van der Waals surface area contributed by atoms with Gasteiger partial charge in [0.1, 0.15) is 6.61 Å². The molecule has 0 aliphatic rings. The van der Waals surface area contributed by atoms with E-state index in [1.165, 1.54) is 11.1 Å². The van der Waals surface area contributed by atoms with Gasteiger partial charge in [-0.25, -0.2) is 0 Å². The predicted octanol–water partition coefficient (Wildman–Crippen LogP) is 5.17. The highest BCUT2D eigenvalue weighted by Gasteiger charge is 2.12. The number of nitrogens with one attached hydrogen (secondary N) is 1. The first-order valence-corrected chi connectivity index (χ1v) is 10.8. The molecule has 4 nitrogen and oxygen atoms in total. The Kier molecular flexibility index (Phi) is 9.82. The first-order chi connectivity index (χ1) is 13.6. The second-order valence-corrected chi connectivity index (χ2v) is 7.80. The Morgan fingerprint density at radius 2 is 1.86 bits per heavy atom. The molecule has 2 rings (SSSR count). The van der Waals surface area contributed by atoms with Crippen molar-refractivity contribution in [2.75, 3.05) is 33.3 Å². The fourth-order valence-electron chi connectivity index (χ4n) is 3.17. The van der Waals surface area contributed by atoms with E-state index in [0.29, 0.717) is 6.61 Å². The Bertz CT molecular complexity index is 733. The molecule has 2 aromatic carbocycles. The molecule has 0 unspecified atom stereocenters. The smallest absolute Gasteiger partial charge is 0.175 e. The van der Waals surface area contributed by atoms with Crippen molar-refractivity contribution >= 4 is 15.9 Å². The molecule has 0 aromatic heterocycles. The molecule has 0 fully saturated rings. The summed E-state index contributed by atoms with van der Waals surface area (Å²) >= 11 is 3.65. The molecule has 0 atom stereocenters. The zero-order valence-electron chi connectivity index (χ0n) is 17.6. The molecular weight excluding hydrogens is 416 g/mol. The van der Waals surface area contributed by atoms with Crippen molar-refractivity contribution in [3.63, 3.8) is 0 Å². The summed E-state index contributed by atoms with van der Waals surface area (Å²) in [6.07, 6.45) is 1.15. The fourth-order valence-corrected chi connectivity index (χ4v) is 3.78. The number of ether oxygens (including phenoxy) is 2. The summed E-state index contributed by atoms with van der Waals surface area (Å²) in [5.74, 6) is 1.50. The number of methoxy groups -OCH3 is 1. The third kappa shape index (κ3) is 7.12. The van der Waals surface area contributed by atoms with E-state index in [2.05, 4.69) is 77.2 Å². The van der Waals surface area contributed by atoms with Gasteiger partial charge >= 0.3 is 0 Å². The number of rotatable bonds is 12. The van der Waals surface area contributed by atoms with Crippen LogP contribution in [0.3, 0.4) is 0 Å². The van der Waals surface area contributed by atoms with Crippen LogP contribution in [0.25, 0.3) is 0 Å². The highest BCUT2D eigenvalue weighted by Crippen LogP contribution is 2.37. The Morgan fingerprint density at radius 1 is 1.07 bits per heavy atom. The quantitative estimate of drug-likeness (QED) is 0.454. The minimum absolute atomic E-state index is 0.513. The van der Waals surface area contributed by atoms with Crippen molar-refractivity contribution < 1.29 is 9.47 Å². The first kappa shape index (κ1) is 22.7. The van der Waals surface area contributed by atoms with Gasteiger partial charge in [-0.15, -0.1) is 0 Å². The molecule has 2 aromatic rings. The van der Waals surface area contributed by atoms with Gasteiger partial charge in [0.2, 0.25) is 0 Å². The van der Waals surface area contributed by atoms with Crippen molar-refractivity contribution in [1.82, 2.24) is 10.2 Å². The maximum Gasteiger partial charge on any atom is 0.175 e. The van der Waals surface area contributed by atoms with Crippen molar-refractivity contribution in [3.8, 4) is 11.5 Å². The van der Waals surface area contributed by atoms with Gasteiger partial charge in [0.05, 0.1) is 11.6 Å². The molecule has 28 heavy (non-hydrogen) atoms. The van der Waals surface area contributed by atoms with Gasteiger partial charge in [-0.2, -0.15) is 0 Å². The Hall–Kier alpha value is -1.56. The molecule has 0 saturated carbocycles. The van der Waals surface area contributed by atoms with E-state index in [1.54, 1.807) is 7.11 Å². The predicted molar refractivity (Wildman–Crippen MR) is 120 cm³/mol. The van der Waals surface area contributed by atoms with E-state index in [1.807, 2.05) is 6.07 Å². The van der Waals surface area contributed by atoms with Crippen molar-refractivity contribution in [3.05, 3.63) is 57.6 Å². The Labute approximate surface area is 178 Å². The number of benzene rings is 2. The van der Waals surface area contributed by atoms with Crippen LogP contribution < -0.4 is 14.8 Å². The van der Waals surface area contributed by atoms with Crippen molar-refractivity contribution in [1.29, 1.82) is 0 Å². The molecule has 154 valence electrons. The van der Waals surface area contributed by atoms with Crippen LogP contribution in [0.4, 0.5) is 0 Å². The second kappa shape index (κ2) is 12.1. The van der Waals surface area contributed by atoms with Gasteiger partial charge in [0.15, 0.2) is 11.5 Å². The second-order valence-electron chi connectivity index (χ2n) is 6.94. The van der Waals surface area contributed by atoms with Gasteiger partial charge in [-0.05, 0) is 78.7 Å². The molecule has 0 radical (unpaired) electrons. The van der Waals surface area contributed by atoms with Gasteiger partial charge in [-0.1, -0.05) is 43.7 Å². The van der Waals surface area contributed by atoms with Crippen molar-refractivity contribution in [2.24, 2.45) is 0 Å². The van der Waals surface area contributed by atoms with Gasteiger partial charge in [-0.3, -0.25) is 0 Å². The van der Waals surface area contributed by atoms with Crippen LogP contribution in [0.5, 0.6) is 11.5 Å². The molecule has 5 heteroatoms. The highest BCUT2D eigenvalue weighted by molar-refractivity contribution is 9.10. The summed E-state index contributed by atoms with van der Waals surface area (Å²) in [7, 11) is 1.68. The lowest BCUT2D eigenvalue weighted by Gasteiger charge is -2.18. The summed E-state index contributed by atoms with van der Waals surface area (Å²) in [5, 5.41) is 3.52. The van der Waals surface area contributed by atoms with E-state index in [9.17, 15) is 0 Å².